The van der Waals surface area contributed by atoms with E-state index in [9.17, 15) is 13.2 Å². The lowest BCUT2D eigenvalue weighted by molar-refractivity contribution is 0.304. The van der Waals surface area contributed by atoms with E-state index in [0.717, 1.165) is 18.2 Å². The molecule has 0 unspecified atom stereocenters. The van der Waals surface area contributed by atoms with Gasteiger partial charge in [0, 0.05) is 25.2 Å². The van der Waals surface area contributed by atoms with E-state index in [1.165, 1.54) is 18.2 Å². The molecule has 2 N–H and O–H groups in total. The van der Waals surface area contributed by atoms with Gasteiger partial charge in [-0.05, 0) is 24.3 Å². The number of hydrogen-bond acceptors (Lipinski definition) is 3. The van der Waals surface area contributed by atoms with Gasteiger partial charge in [0.1, 0.15) is 18.2 Å². The van der Waals surface area contributed by atoms with Crippen LogP contribution < -0.4 is 15.4 Å². The van der Waals surface area contributed by atoms with Gasteiger partial charge in [0.15, 0.2) is 17.5 Å². The van der Waals surface area contributed by atoms with Gasteiger partial charge in [-0.15, -0.1) is 24.0 Å². The van der Waals surface area contributed by atoms with Crippen molar-refractivity contribution in [3.05, 3.63) is 65.0 Å². The van der Waals surface area contributed by atoms with Crippen LogP contribution in [0.15, 0.2) is 41.4 Å². The first kappa shape index (κ1) is 22.6. The molecule has 0 aliphatic rings. The van der Waals surface area contributed by atoms with Crippen LogP contribution in [0, 0.1) is 28.8 Å². The predicted molar refractivity (Wildman–Crippen MR) is 107 cm³/mol. The van der Waals surface area contributed by atoms with Crippen molar-refractivity contribution >= 4 is 29.9 Å². The summed E-state index contributed by atoms with van der Waals surface area (Å²) in [6, 6.07) is 9.15. The molecule has 0 aliphatic carbocycles. The molecule has 0 fully saturated rings. The van der Waals surface area contributed by atoms with E-state index >= 15 is 0 Å². The van der Waals surface area contributed by atoms with Gasteiger partial charge in [0.2, 0.25) is 0 Å². The summed E-state index contributed by atoms with van der Waals surface area (Å²) < 4.78 is 45.3. The number of nitrogens with zero attached hydrogens (tertiary/aromatic N) is 2. The highest BCUT2D eigenvalue weighted by Gasteiger charge is 2.06. The van der Waals surface area contributed by atoms with Gasteiger partial charge >= 0.3 is 0 Å². The minimum Gasteiger partial charge on any atom is -0.489 e. The van der Waals surface area contributed by atoms with Crippen LogP contribution in [0.25, 0.3) is 0 Å². The molecule has 2 aromatic rings. The van der Waals surface area contributed by atoms with Crippen LogP contribution in [0.1, 0.15) is 11.1 Å². The summed E-state index contributed by atoms with van der Waals surface area (Å²) in [5, 5.41) is 14.6. The average molecular weight is 490 g/mol. The fraction of sp³-hybridized carbons (Fsp3) is 0.222. The molecule has 0 atom stereocenters. The van der Waals surface area contributed by atoms with Gasteiger partial charge in [0.25, 0.3) is 0 Å². The molecule has 27 heavy (non-hydrogen) atoms. The third-order valence-corrected chi connectivity index (χ3v) is 3.40. The molecule has 0 bridgehead atoms. The standard InChI is InChI=1S/C18H17F3N4O.HI/c1-23-18(25-11-13-3-2-12(10-22)8-15(13)20)24-6-7-26-17-5-4-14(19)9-16(17)21;/h2-5,8-9H,6-7,11H2,1H3,(H2,23,24,25);1H. The number of aliphatic imine (C=N–C) groups is 1. The van der Waals surface area contributed by atoms with Crippen LogP contribution >= 0.6 is 24.0 Å². The van der Waals surface area contributed by atoms with Crippen molar-refractivity contribution < 1.29 is 17.9 Å². The van der Waals surface area contributed by atoms with E-state index in [2.05, 4.69) is 15.6 Å². The molecule has 0 aliphatic heterocycles. The second-order valence-corrected chi connectivity index (χ2v) is 5.19. The van der Waals surface area contributed by atoms with Gasteiger partial charge in [-0.2, -0.15) is 5.26 Å². The number of ether oxygens (including phenoxy) is 1. The Morgan fingerprint density at radius 3 is 2.52 bits per heavy atom. The lowest BCUT2D eigenvalue weighted by Gasteiger charge is -2.13. The Kier molecular flexibility index (Phi) is 9.42. The highest BCUT2D eigenvalue weighted by atomic mass is 127. The second kappa shape index (κ2) is 11.3. The number of rotatable bonds is 6. The van der Waals surface area contributed by atoms with Crippen molar-refractivity contribution in [2.24, 2.45) is 4.99 Å². The zero-order valence-electron chi connectivity index (χ0n) is 14.4. The topological polar surface area (TPSA) is 69.4 Å². The van der Waals surface area contributed by atoms with Crippen LogP contribution in [0.3, 0.4) is 0 Å². The van der Waals surface area contributed by atoms with Gasteiger partial charge in [-0.25, -0.2) is 13.2 Å². The number of benzene rings is 2. The first-order valence-corrected chi connectivity index (χ1v) is 7.74. The fourth-order valence-corrected chi connectivity index (χ4v) is 2.08. The summed E-state index contributed by atoms with van der Waals surface area (Å²) in [6.07, 6.45) is 0. The first-order chi connectivity index (χ1) is 12.5. The number of halogens is 4. The van der Waals surface area contributed by atoms with Crippen molar-refractivity contribution in [2.75, 3.05) is 20.2 Å². The van der Waals surface area contributed by atoms with E-state index in [4.69, 9.17) is 10.00 Å². The Hall–Kier alpha value is -2.48. The highest BCUT2D eigenvalue weighted by Crippen LogP contribution is 2.17. The van der Waals surface area contributed by atoms with E-state index in [1.807, 2.05) is 6.07 Å². The lowest BCUT2D eigenvalue weighted by Crippen LogP contribution is -2.39. The third-order valence-electron chi connectivity index (χ3n) is 3.40. The number of nitrogens with one attached hydrogen (secondary N) is 2. The Labute approximate surface area is 172 Å². The summed E-state index contributed by atoms with van der Waals surface area (Å²) in [6.45, 7) is 0.589. The maximum atomic E-state index is 13.8. The molecule has 0 radical (unpaired) electrons. The zero-order valence-corrected chi connectivity index (χ0v) is 16.8. The minimum absolute atomic E-state index is 0. The van der Waals surface area contributed by atoms with Crippen LogP contribution in [0.5, 0.6) is 5.75 Å². The summed E-state index contributed by atoms with van der Waals surface area (Å²) in [7, 11) is 1.55. The first-order valence-electron chi connectivity index (χ1n) is 7.74. The maximum absolute atomic E-state index is 13.8. The summed E-state index contributed by atoms with van der Waals surface area (Å²) in [4.78, 5) is 3.98. The lowest BCUT2D eigenvalue weighted by atomic mass is 10.1. The van der Waals surface area contributed by atoms with Crippen LogP contribution in [0.4, 0.5) is 13.2 Å². The summed E-state index contributed by atoms with van der Waals surface area (Å²) in [5.41, 5.74) is 0.635. The van der Waals surface area contributed by atoms with E-state index < -0.39 is 17.5 Å². The molecule has 0 heterocycles. The molecule has 0 aromatic heterocycles. The SMILES string of the molecule is CN=C(NCCOc1ccc(F)cc1F)NCc1ccc(C#N)cc1F.I. The maximum Gasteiger partial charge on any atom is 0.191 e. The second-order valence-electron chi connectivity index (χ2n) is 5.19. The van der Waals surface area contributed by atoms with E-state index in [-0.39, 0.29) is 48.4 Å². The van der Waals surface area contributed by atoms with Gasteiger partial charge in [0.05, 0.1) is 18.2 Å². The molecular formula is C18H18F3IN4O. The zero-order chi connectivity index (χ0) is 18.9. The Morgan fingerprint density at radius 1 is 1.11 bits per heavy atom. The van der Waals surface area contributed by atoms with Gasteiger partial charge in [-0.1, -0.05) is 6.07 Å². The molecule has 5 nitrogen and oxygen atoms in total. The largest absolute Gasteiger partial charge is 0.489 e. The van der Waals surface area contributed by atoms with E-state index in [0.29, 0.717) is 18.1 Å². The quantitative estimate of drug-likeness (QED) is 0.282. The Morgan fingerprint density at radius 2 is 1.89 bits per heavy atom. The number of hydrogen-bond donors (Lipinski definition) is 2. The molecule has 0 saturated carbocycles. The molecule has 0 amide bonds. The molecule has 2 aromatic carbocycles. The molecule has 0 spiro atoms. The van der Waals surface area contributed by atoms with Crippen molar-refractivity contribution in [2.45, 2.75) is 6.54 Å². The van der Waals surface area contributed by atoms with Crippen LogP contribution in [0.2, 0.25) is 0 Å². The van der Waals surface area contributed by atoms with Gasteiger partial charge in [-0.3, -0.25) is 4.99 Å². The summed E-state index contributed by atoms with van der Waals surface area (Å²) >= 11 is 0. The summed E-state index contributed by atoms with van der Waals surface area (Å²) in [5.74, 6) is -1.58. The molecule has 144 valence electrons. The molecule has 2 rings (SSSR count). The van der Waals surface area contributed by atoms with Crippen molar-refractivity contribution in [1.29, 1.82) is 5.26 Å². The van der Waals surface area contributed by atoms with Crippen molar-refractivity contribution in [3.8, 4) is 11.8 Å². The average Bonchev–Trinajstić information content (AvgIpc) is 2.63. The van der Waals surface area contributed by atoms with Crippen molar-refractivity contribution in [1.82, 2.24) is 10.6 Å². The monoisotopic (exact) mass is 490 g/mol. The third kappa shape index (κ3) is 6.97. The highest BCUT2D eigenvalue weighted by molar-refractivity contribution is 14.0. The molecule has 9 heteroatoms. The fourth-order valence-electron chi connectivity index (χ4n) is 2.08. The Bertz CT molecular complexity index is 840. The smallest absolute Gasteiger partial charge is 0.191 e. The van der Waals surface area contributed by atoms with Crippen LogP contribution in [-0.4, -0.2) is 26.2 Å². The number of nitriles is 1. The Balaban J connectivity index is 0.00000364. The van der Waals surface area contributed by atoms with E-state index in [1.54, 1.807) is 7.05 Å². The normalized spacial score (nSPS) is 10.6. The minimum atomic E-state index is -0.774. The number of guanidine groups is 1. The predicted octanol–water partition coefficient (Wildman–Crippen LogP) is 3.34. The molecule has 0 saturated heterocycles. The van der Waals surface area contributed by atoms with Crippen molar-refractivity contribution in [3.63, 3.8) is 0 Å². The molecular weight excluding hydrogens is 472 g/mol. The van der Waals surface area contributed by atoms with Crippen LogP contribution in [-0.2, 0) is 6.54 Å². The van der Waals surface area contributed by atoms with Gasteiger partial charge < -0.3 is 15.4 Å².